The van der Waals surface area contributed by atoms with Gasteiger partial charge in [-0.15, -0.1) is 35.3 Å². The van der Waals surface area contributed by atoms with E-state index in [2.05, 4.69) is 25.9 Å². The molecule has 1 aromatic carbocycles. The van der Waals surface area contributed by atoms with Gasteiger partial charge in [-0.2, -0.15) is 13.2 Å². The van der Waals surface area contributed by atoms with Gasteiger partial charge in [-0.05, 0) is 19.1 Å². The molecule has 0 aliphatic heterocycles. The molecule has 1 heterocycles. The highest BCUT2D eigenvalue weighted by atomic mass is 127. The number of nitrogens with zero attached hydrogens (tertiary/aromatic N) is 2. The fourth-order valence-corrected chi connectivity index (χ4v) is 2.93. The van der Waals surface area contributed by atoms with Crippen molar-refractivity contribution in [2.45, 2.75) is 26.6 Å². The molecule has 12 heteroatoms. The third-order valence-corrected chi connectivity index (χ3v) is 4.21. The van der Waals surface area contributed by atoms with Crippen LogP contribution in [0.5, 0.6) is 5.75 Å². The third-order valence-electron chi connectivity index (χ3n) is 3.38. The molecule has 0 saturated carbocycles. The number of aliphatic imine (C=N–C) groups is 1. The second-order valence-corrected chi connectivity index (χ2v) is 6.75. The topological polar surface area (TPSA) is 87.6 Å². The van der Waals surface area contributed by atoms with Crippen LogP contribution in [0.3, 0.4) is 0 Å². The first-order valence-corrected chi connectivity index (χ1v) is 9.70. The number of anilines is 1. The molecule has 0 fully saturated rings. The number of carbonyl (C=O) groups excluding carboxylic acids is 1. The van der Waals surface area contributed by atoms with Crippen molar-refractivity contribution < 1.29 is 22.7 Å². The van der Waals surface area contributed by atoms with Crippen LogP contribution in [0.15, 0.2) is 34.6 Å². The standard InChI is InChI=1S/C18H22F3N5O2S.HI/c1-3-22-17(24-10-16-26-15(11-29-16)18(19,20)21)23-7-8-28-14-6-4-5-13(9-14)25-12(2)27;/h4-6,9,11H,3,7-8,10H2,1-2H3,(H,25,27)(H2,22,23,24);1H. The van der Waals surface area contributed by atoms with Gasteiger partial charge in [0.1, 0.15) is 17.4 Å². The molecule has 3 N–H and O–H groups in total. The van der Waals surface area contributed by atoms with E-state index in [9.17, 15) is 18.0 Å². The van der Waals surface area contributed by atoms with Gasteiger partial charge >= 0.3 is 6.18 Å². The number of amides is 1. The van der Waals surface area contributed by atoms with Gasteiger partial charge in [0.05, 0.1) is 13.1 Å². The van der Waals surface area contributed by atoms with Gasteiger partial charge in [-0.25, -0.2) is 9.98 Å². The normalized spacial score (nSPS) is 11.4. The van der Waals surface area contributed by atoms with E-state index in [1.807, 2.05) is 6.92 Å². The lowest BCUT2D eigenvalue weighted by Gasteiger charge is -2.12. The van der Waals surface area contributed by atoms with Gasteiger partial charge in [0, 0.05) is 30.6 Å². The second-order valence-electron chi connectivity index (χ2n) is 5.80. The summed E-state index contributed by atoms with van der Waals surface area (Å²) < 4.78 is 43.4. The van der Waals surface area contributed by atoms with Crippen molar-refractivity contribution in [3.8, 4) is 5.75 Å². The minimum atomic E-state index is -4.45. The Balaban J connectivity index is 0.00000450. The van der Waals surface area contributed by atoms with Crippen LogP contribution in [0.2, 0.25) is 0 Å². The van der Waals surface area contributed by atoms with E-state index in [1.165, 1.54) is 6.92 Å². The number of hydrogen-bond acceptors (Lipinski definition) is 5. The van der Waals surface area contributed by atoms with E-state index < -0.39 is 11.9 Å². The van der Waals surface area contributed by atoms with Crippen molar-refractivity contribution in [3.05, 3.63) is 40.3 Å². The maximum Gasteiger partial charge on any atom is 0.434 e. The predicted octanol–water partition coefficient (Wildman–Crippen LogP) is 3.87. The number of carbonyl (C=O) groups is 1. The Morgan fingerprint density at radius 3 is 2.70 bits per heavy atom. The fraction of sp³-hybridized carbons (Fsp3) is 0.389. The van der Waals surface area contributed by atoms with Crippen LogP contribution >= 0.6 is 35.3 Å². The third kappa shape index (κ3) is 9.15. The lowest BCUT2D eigenvalue weighted by Crippen LogP contribution is -2.39. The molecule has 2 rings (SSSR count). The van der Waals surface area contributed by atoms with E-state index in [0.717, 1.165) is 16.7 Å². The van der Waals surface area contributed by atoms with Crippen LogP contribution < -0.4 is 20.7 Å². The molecule has 0 aliphatic rings. The first kappa shape index (κ1) is 25.9. The maximum atomic E-state index is 12.6. The van der Waals surface area contributed by atoms with Crippen LogP contribution in [-0.4, -0.2) is 36.5 Å². The van der Waals surface area contributed by atoms with Gasteiger partial charge in [0.2, 0.25) is 5.91 Å². The first-order valence-electron chi connectivity index (χ1n) is 8.82. The molecule has 1 aromatic heterocycles. The van der Waals surface area contributed by atoms with Crippen molar-refractivity contribution in [2.75, 3.05) is 25.0 Å². The number of benzene rings is 1. The van der Waals surface area contributed by atoms with E-state index in [-0.39, 0.29) is 41.4 Å². The Bertz CT molecular complexity index is 845. The summed E-state index contributed by atoms with van der Waals surface area (Å²) in [5.41, 5.74) is -0.264. The maximum absolute atomic E-state index is 12.6. The monoisotopic (exact) mass is 557 g/mol. The Labute approximate surface area is 193 Å². The summed E-state index contributed by atoms with van der Waals surface area (Å²) in [5, 5.41) is 9.99. The number of hydrogen-bond donors (Lipinski definition) is 3. The molecule has 0 atom stereocenters. The van der Waals surface area contributed by atoms with Crippen molar-refractivity contribution in [2.24, 2.45) is 4.99 Å². The second kappa shape index (κ2) is 12.6. The highest BCUT2D eigenvalue weighted by Crippen LogP contribution is 2.30. The Morgan fingerprint density at radius 1 is 1.30 bits per heavy atom. The molecule has 0 radical (unpaired) electrons. The minimum absolute atomic E-state index is 0. The van der Waals surface area contributed by atoms with Gasteiger partial charge in [0.25, 0.3) is 0 Å². The number of alkyl halides is 3. The average molecular weight is 557 g/mol. The number of ether oxygens (including phenoxy) is 1. The summed E-state index contributed by atoms with van der Waals surface area (Å²) in [6, 6.07) is 7.00. The SMILES string of the molecule is CCNC(=NCc1nc(C(F)(F)F)cs1)NCCOc1cccc(NC(C)=O)c1.I. The molecule has 0 bridgehead atoms. The lowest BCUT2D eigenvalue weighted by atomic mass is 10.3. The molecule has 166 valence electrons. The van der Waals surface area contributed by atoms with Crippen LogP contribution in [0.25, 0.3) is 0 Å². The largest absolute Gasteiger partial charge is 0.492 e. The zero-order valence-electron chi connectivity index (χ0n) is 16.4. The summed E-state index contributed by atoms with van der Waals surface area (Å²) in [7, 11) is 0. The summed E-state index contributed by atoms with van der Waals surface area (Å²) in [6.07, 6.45) is -4.45. The van der Waals surface area contributed by atoms with Gasteiger partial charge in [-0.1, -0.05) is 6.07 Å². The molecule has 1 amide bonds. The first-order chi connectivity index (χ1) is 13.8. The summed E-state index contributed by atoms with van der Waals surface area (Å²) >= 11 is 0.919. The van der Waals surface area contributed by atoms with E-state index >= 15 is 0 Å². The van der Waals surface area contributed by atoms with Crippen LogP contribution in [0.1, 0.15) is 24.5 Å². The lowest BCUT2D eigenvalue weighted by molar-refractivity contribution is -0.140. The van der Waals surface area contributed by atoms with E-state index in [0.29, 0.717) is 37.1 Å². The number of rotatable bonds is 8. The number of thiazole rings is 1. The van der Waals surface area contributed by atoms with E-state index in [1.54, 1.807) is 24.3 Å². The number of aromatic nitrogens is 1. The zero-order chi connectivity index (χ0) is 21.3. The Kier molecular flexibility index (Phi) is 10.9. The van der Waals surface area contributed by atoms with E-state index in [4.69, 9.17) is 4.74 Å². The highest BCUT2D eigenvalue weighted by Gasteiger charge is 2.33. The molecule has 30 heavy (non-hydrogen) atoms. The fourth-order valence-electron chi connectivity index (χ4n) is 2.21. The quantitative estimate of drug-likeness (QED) is 0.199. The number of halogens is 4. The highest BCUT2D eigenvalue weighted by molar-refractivity contribution is 14.0. The Hall–Kier alpha value is -2.09. The van der Waals surface area contributed by atoms with Gasteiger partial charge in [0.15, 0.2) is 11.7 Å². The molecule has 0 aliphatic carbocycles. The molecule has 0 saturated heterocycles. The number of guanidine groups is 1. The van der Waals surface area contributed by atoms with Crippen LogP contribution in [0.4, 0.5) is 18.9 Å². The molecule has 2 aromatic rings. The smallest absolute Gasteiger partial charge is 0.434 e. The minimum Gasteiger partial charge on any atom is -0.492 e. The molecule has 0 unspecified atom stereocenters. The van der Waals surface area contributed by atoms with Crippen molar-refractivity contribution in [1.82, 2.24) is 15.6 Å². The summed E-state index contributed by atoms with van der Waals surface area (Å²) in [5.74, 6) is 0.882. The Morgan fingerprint density at radius 2 is 2.07 bits per heavy atom. The van der Waals surface area contributed by atoms with Crippen molar-refractivity contribution >= 4 is 52.9 Å². The predicted molar refractivity (Wildman–Crippen MR) is 122 cm³/mol. The molecule has 7 nitrogen and oxygen atoms in total. The number of nitrogens with one attached hydrogen (secondary N) is 3. The zero-order valence-corrected chi connectivity index (χ0v) is 19.5. The molecular formula is C18H23F3IN5O2S. The summed E-state index contributed by atoms with van der Waals surface area (Å²) in [4.78, 5) is 18.9. The van der Waals surface area contributed by atoms with Crippen molar-refractivity contribution in [3.63, 3.8) is 0 Å². The average Bonchev–Trinajstić information content (AvgIpc) is 3.12. The van der Waals surface area contributed by atoms with Crippen LogP contribution in [0, 0.1) is 0 Å². The molecule has 0 spiro atoms. The summed E-state index contributed by atoms with van der Waals surface area (Å²) in [6.45, 7) is 4.68. The van der Waals surface area contributed by atoms with Gasteiger partial charge in [-0.3, -0.25) is 4.79 Å². The van der Waals surface area contributed by atoms with Crippen molar-refractivity contribution in [1.29, 1.82) is 0 Å². The van der Waals surface area contributed by atoms with Gasteiger partial charge < -0.3 is 20.7 Å². The molecular weight excluding hydrogens is 534 g/mol. The van der Waals surface area contributed by atoms with Crippen LogP contribution in [-0.2, 0) is 17.5 Å².